The Hall–Kier alpha value is -2.73. The normalized spacial score (nSPS) is 10.6. The Bertz CT molecular complexity index is 751. The van der Waals surface area contributed by atoms with Gasteiger partial charge in [0, 0.05) is 31.5 Å². The number of nitrogens with one attached hydrogen (secondary N) is 1. The highest BCUT2D eigenvalue weighted by atomic mass is 15.3. The first-order valence-corrected chi connectivity index (χ1v) is 7.12. The summed E-state index contributed by atoms with van der Waals surface area (Å²) in [7, 11) is 0. The second-order valence-electron chi connectivity index (χ2n) is 4.97. The van der Waals surface area contributed by atoms with E-state index in [9.17, 15) is 0 Å². The molecule has 0 aliphatic carbocycles. The molecule has 0 aliphatic rings. The molecule has 0 radical (unpaired) electrons. The smallest absolute Gasteiger partial charge is 0.130 e. The van der Waals surface area contributed by atoms with Gasteiger partial charge in [-0.2, -0.15) is 5.10 Å². The lowest BCUT2D eigenvalue weighted by molar-refractivity contribution is 0.877. The summed E-state index contributed by atoms with van der Waals surface area (Å²) < 4.78 is 1.84. The van der Waals surface area contributed by atoms with Crippen LogP contribution in [-0.2, 0) is 13.1 Å². The molecule has 0 amide bonds. The fourth-order valence-corrected chi connectivity index (χ4v) is 2.25. The average molecular weight is 294 g/mol. The van der Waals surface area contributed by atoms with Gasteiger partial charge < -0.3 is 11.1 Å². The van der Waals surface area contributed by atoms with Crippen LogP contribution in [0.3, 0.4) is 0 Å². The Labute approximate surface area is 129 Å². The summed E-state index contributed by atoms with van der Waals surface area (Å²) in [5.41, 5.74) is 8.66. The molecule has 0 saturated heterocycles. The number of nitrogens with zero attached hydrogens (tertiary/aromatic N) is 4. The monoisotopic (exact) mass is 294 g/mol. The molecule has 0 spiro atoms. The van der Waals surface area contributed by atoms with Crippen LogP contribution in [0.25, 0.3) is 5.69 Å². The molecule has 3 N–H and O–H groups in total. The van der Waals surface area contributed by atoms with Crippen LogP contribution >= 0.6 is 0 Å². The molecular weight excluding hydrogens is 276 g/mol. The van der Waals surface area contributed by atoms with E-state index < -0.39 is 0 Å². The number of anilines is 1. The minimum absolute atomic E-state index is 0.410. The molecule has 0 fully saturated rings. The molecule has 6 heteroatoms. The Balaban J connectivity index is 1.74. The Morgan fingerprint density at radius 3 is 2.86 bits per heavy atom. The summed E-state index contributed by atoms with van der Waals surface area (Å²) in [5.74, 6) is 1.51. The molecule has 2 aromatic heterocycles. The van der Waals surface area contributed by atoms with Crippen molar-refractivity contribution in [2.24, 2.45) is 5.73 Å². The first kappa shape index (κ1) is 14.2. The molecule has 0 atom stereocenters. The summed E-state index contributed by atoms with van der Waals surface area (Å²) in [4.78, 5) is 8.64. The molecule has 2 heterocycles. The molecule has 0 bridgehead atoms. The number of aromatic nitrogens is 4. The lowest BCUT2D eigenvalue weighted by Gasteiger charge is -2.09. The first-order valence-electron chi connectivity index (χ1n) is 7.12. The van der Waals surface area contributed by atoms with Crippen LogP contribution < -0.4 is 11.1 Å². The van der Waals surface area contributed by atoms with Crippen molar-refractivity contribution < 1.29 is 0 Å². The number of rotatable bonds is 5. The van der Waals surface area contributed by atoms with Crippen molar-refractivity contribution in [1.29, 1.82) is 0 Å². The second kappa shape index (κ2) is 6.36. The van der Waals surface area contributed by atoms with E-state index in [1.807, 2.05) is 42.1 Å². The molecule has 6 nitrogen and oxygen atoms in total. The highest BCUT2D eigenvalue weighted by molar-refractivity contribution is 5.40. The predicted octanol–water partition coefficient (Wildman–Crippen LogP) is 2.04. The molecule has 22 heavy (non-hydrogen) atoms. The topological polar surface area (TPSA) is 81.6 Å². The van der Waals surface area contributed by atoms with Crippen LogP contribution in [0.4, 0.5) is 5.82 Å². The van der Waals surface area contributed by atoms with Crippen molar-refractivity contribution in [2.75, 3.05) is 5.32 Å². The minimum Gasteiger partial charge on any atom is -0.366 e. The molecule has 0 saturated carbocycles. The third kappa shape index (κ3) is 3.29. The van der Waals surface area contributed by atoms with Crippen molar-refractivity contribution in [1.82, 2.24) is 19.7 Å². The van der Waals surface area contributed by atoms with E-state index in [0.717, 1.165) is 28.6 Å². The van der Waals surface area contributed by atoms with Gasteiger partial charge in [0.25, 0.3) is 0 Å². The SMILES string of the molecule is Cc1nc(CN)cc(NCc2cccc(-n3cccn3)c2)n1. The van der Waals surface area contributed by atoms with Gasteiger partial charge in [0.2, 0.25) is 0 Å². The van der Waals surface area contributed by atoms with E-state index >= 15 is 0 Å². The number of hydrogen-bond donors (Lipinski definition) is 2. The zero-order chi connectivity index (χ0) is 15.4. The highest BCUT2D eigenvalue weighted by Gasteiger charge is 2.02. The van der Waals surface area contributed by atoms with Gasteiger partial charge in [-0.15, -0.1) is 0 Å². The van der Waals surface area contributed by atoms with Gasteiger partial charge in [0.05, 0.1) is 11.4 Å². The summed E-state index contributed by atoms with van der Waals surface area (Å²) in [6, 6.07) is 12.0. The van der Waals surface area contributed by atoms with Crippen molar-refractivity contribution >= 4 is 5.82 Å². The molecule has 3 aromatic rings. The largest absolute Gasteiger partial charge is 0.366 e. The maximum absolute atomic E-state index is 5.64. The summed E-state index contributed by atoms with van der Waals surface area (Å²) in [6.07, 6.45) is 3.69. The highest BCUT2D eigenvalue weighted by Crippen LogP contribution is 2.12. The lowest BCUT2D eigenvalue weighted by Crippen LogP contribution is -2.07. The Morgan fingerprint density at radius 2 is 2.09 bits per heavy atom. The quantitative estimate of drug-likeness (QED) is 0.752. The van der Waals surface area contributed by atoms with E-state index in [2.05, 4.69) is 32.5 Å². The van der Waals surface area contributed by atoms with Gasteiger partial charge in [-0.3, -0.25) is 0 Å². The average Bonchev–Trinajstić information content (AvgIpc) is 3.07. The number of aryl methyl sites for hydroxylation is 1. The van der Waals surface area contributed by atoms with Gasteiger partial charge in [-0.25, -0.2) is 14.6 Å². The Morgan fingerprint density at radius 1 is 1.18 bits per heavy atom. The molecule has 112 valence electrons. The predicted molar refractivity (Wildman–Crippen MR) is 85.6 cm³/mol. The maximum Gasteiger partial charge on any atom is 0.130 e. The van der Waals surface area contributed by atoms with Crippen molar-refractivity contribution in [3.05, 3.63) is 65.9 Å². The zero-order valence-electron chi connectivity index (χ0n) is 12.4. The number of benzene rings is 1. The first-order chi connectivity index (χ1) is 10.7. The van der Waals surface area contributed by atoms with Crippen LogP contribution in [0.5, 0.6) is 0 Å². The third-order valence-corrected chi connectivity index (χ3v) is 3.25. The fraction of sp³-hybridized carbons (Fsp3) is 0.188. The number of hydrogen-bond acceptors (Lipinski definition) is 5. The van der Waals surface area contributed by atoms with E-state index in [4.69, 9.17) is 5.73 Å². The minimum atomic E-state index is 0.410. The maximum atomic E-state index is 5.64. The van der Waals surface area contributed by atoms with Crippen LogP contribution in [0.2, 0.25) is 0 Å². The molecule has 3 rings (SSSR count). The summed E-state index contributed by atoms with van der Waals surface area (Å²) >= 11 is 0. The van der Waals surface area contributed by atoms with Gasteiger partial charge in [0.15, 0.2) is 0 Å². The second-order valence-corrected chi connectivity index (χ2v) is 4.97. The van der Waals surface area contributed by atoms with E-state index in [1.165, 1.54) is 0 Å². The van der Waals surface area contributed by atoms with E-state index in [-0.39, 0.29) is 0 Å². The van der Waals surface area contributed by atoms with Crippen molar-refractivity contribution in [3.8, 4) is 5.69 Å². The molecule has 0 unspecified atom stereocenters. The van der Waals surface area contributed by atoms with Crippen LogP contribution in [0, 0.1) is 6.92 Å². The van der Waals surface area contributed by atoms with Crippen molar-refractivity contribution in [2.45, 2.75) is 20.0 Å². The van der Waals surface area contributed by atoms with Gasteiger partial charge >= 0.3 is 0 Å². The number of nitrogens with two attached hydrogens (primary N) is 1. The van der Waals surface area contributed by atoms with Gasteiger partial charge in [-0.05, 0) is 30.7 Å². The zero-order valence-corrected chi connectivity index (χ0v) is 12.4. The van der Waals surface area contributed by atoms with Crippen molar-refractivity contribution in [3.63, 3.8) is 0 Å². The van der Waals surface area contributed by atoms with Crippen LogP contribution in [-0.4, -0.2) is 19.7 Å². The lowest BCUT2D eigenvalue weighted by atomic mass is 10.2. The van der Waals surface area contributed by atoms with Crippen LogP contribution in [0.15, 0.2) is 48.8 Å². The van der Waals surface area contributed by atoms with Gasteiger partial charge in [0.1, 0.15) is 11.6 Å². The van der Waals surface area contributed by atoms with E-state index in [1.54, 1.807) is 6.20 Å². The summed E-state index contributed by atoms with van der Waals surface area (Å²) in [6.45, 7) is 2.95. The summed E-state index contributed by atoms with van der Waals surface area (Å²) in [5, 5.41) is 7.55. The third-order valence-electron chi connectivity index (χ3n) is 3.25. The van der Waals surface area contributed by atoms with E-state index in [0.29, 0.717) is 13.1 Å². The van der Waals surface area contributed by atoms with Crippen LogP contribution in [0.1, 0.15) is 17.1 Å². The standard InChI is InChI=1S/C16H18N6/c1-12-20-14(10-17)9-16(21-12)18-11-13-4-2-5-15(8-13)22-7-3-6-19-22/h2-9H,10-11,17H2,1H3,(H,18,20,21). The fourth-order valence-electron chi connectivity index (χ4n) is 2.25. The molecular formula is C16H18N6. The van der Waals surface area contributed by atoms with Gasteiger partial charge in [-0.1, -0.05) is 12.1 Å². The Kier molecular flexibility index (Phi) is 4.11. The molecule has 1 aromatic carbocycles. The molecule has 0 aliphatic heterocycles.